The second-order valence-electron chi connectivity index (χ2n) is 8.87. The van der Waals surface area contributed by atoms with Gasteiger partial charge in [0.25, 0.3) is 0 Å². The van der Waals surface area contributed by atoms with Gasteiger partial charge in [-0.3, -0.25) is 14.6 Å². The molecule has 1 amide bonds. The number of hydrogen-bond acceptors (Lipinski definition) is 4. The molecule has 166 valence electrons. The predicted octanol–water partition coefficient (Wildman–Crippen LogP) is 3.23. The van der Waals surface area contributed by atoms with Gasteiger partial charge < -0.3 is 10.2 Å². The van der Waals surface area contributed by atoms with Crippen LogP contribution in [0.25, 0.3) is 0 Å². The number of benzene rings is 2. The summed E-state index contributed by atoms with van der Waals surface area (Å²) < 4.78 is 0. The summed E-state index contributed by atoms with van der Waals surface area (Å²) in [7, 11) is 0. The molecule has 2 fully saturated rings. The maximum absolute atomic E-state index is 12.7. The number of nitrogens with zero attached hydrogens (tertiary/aromatic N) is 3. The molecule has 2 heterocycles. The molecule has 5 heteroatoms. The number of anilines is 1. The normalized spacial score (nSPS) is 20.5. The van der Waals surface area contributed by atoms with Gasteiger partial charge in [0.15, 0.2) is 0 Å². The largest absolute Gasteiger partial charge is 0.369 e. The molecule has 2 saturated heterocycles. The lowest BCUT2D eigenvalue weighted by molar-refractivity contribution is -0.126. The minimum absolute atomic E-state index is 0.131. The predicted molar refractivity (Wildman–Crippen MR) is 127 cm³/mol. The molecular weight excluding hydrogens is 384 g/mol. The van der Waals surface area contributed by atoms with Crippen molar-refractivity contribution in [1.82, 2.24) is 15.1 Å². The van der Waals surface area contributed by atoms with Gasteiger partial charge in [0, 0.05) is 51.5 Å². The van der Waals surface area contributed by atoms with Gasteiger partial charge >= 0.3 is 0 Å². The summed E-state index contributed by atoms with van der Waals surface area (Å²) in [6, 6.07) is 21.2. The Hall–Kier alpha value is -2.37. The first-order valence-corrected chi connectivity index (χ1v) is 11.8. The first kappa shape index (κ1) is 21.8. The van der Waals surface area contributed by atoms with Crippen LogP contribution in [-0.4, -0.2) is 68.1 Å². The van der Waals surface area contributed by atoms with E-state index in [1.807, 2.05) is 0 Å². The van der Waals surface area contributed by atoms with Crippen molar-refractivity contribution in [3.8, 4) is 0 Å². The first-order valence-electron chi connectivity index (χ1n) is 11.8. The van der Waals surface area contributed by atoms with Gasteiger partial charge in [-0.15, -0.1) is 0 Å². The molecule has 2 aromatic rings. The lowest BCUT2D eigenvalue weighted by Crippen LogP contribution is -2.47. The van der Waals surface area contributed by atoms with Crippen molar-refractivity contribution in [2.75, 3.05) is 57.3 Å². The van der Waals surface area contributed by atoms with Gasteiger partial charge in [-0.05, 0) is 50.0 Å². The maximum atomic E-state index is 12.7. The number of nitrogens with one attached hydrogen (secondary N) is 1. The Balaban J connectivity index is 1.11. The summed E-state index contributed by atoms with van der Waals surface area (Å²) in [6.45, 7) is 9.11. The second kappa shape index (κ2) is 11.3. The van der Waals surface area contributed by atoms with Crippen LogP contribution in [0.15, 0.2) is 60.7 Å². The highest BCUT2D eigenvalue weighted by atomic mass is 16.1. The van der Waals surface area contributed by atoms with E-state index >= 15 is 0 Å². The van der Waals surface area contributed by atoms with Crippen molar-refractivity contribution in [2.24, 2.45) is 5.92 Å². The number of hydrogen-bond donors (Lipinski definition) is 1. The van der Waals surface area contributed by atoms with Crippen molar-refractivity contribution < 1.29 is 4.79 Å². The van der Waals surface area contributed by atoms with Crippen LogP contribution in [0.4, 0.5) is 5.69 Å². The van der Waals surface area contributed by atoms with Crippen LogP contribution < -0.4 is 10.2 Å². The number of carbonyl (C=O) groups excluding carboxylic acids is 1. The standard InChI is InChI=1S/C26H36N4O/c31-26(24-11-7-15-29(22-24)21-23-9-3-1-4-10-23)27-14-8-16-28-17-19-30(20-18-28)25-12-5-2-6-13-25/h1-6,9-10,12-13,24H,7-8,11,14-22H2,(H,27,31). The average molecular weight is 421 g/mol. The number of carbonyl (C=O) groups is 1. The Kier molecular flexibility index (Phi) is 7.97. The Bertz CT molecular complexity index is 790. The highest BCUT2D eigenvalue weighted by Gasteiger charge is 2.25. The summed E-state index contributed by atoms with van der Waals surface area (Å²) >= 11 is 0. The Morgan fingerprint density at radius 1 is 0.871 bits per heavy atom. The molecule has 2 aliphatic rings. The summed E-state index contributed by atoms with van der Waals surface area (Å²) in [5, 5.41) is 3.21. The molecule has 31 heavy (non-hydrogen) atoms. The minimum atomic E-state index is 0.131. The SMILES string of the molecule is O=C(NCCCN1CCN(c2ccccc2)CC1)C1CCCN(Cc2ccccc2)C1. The lowest BCUT2D eigenvalue weighted by atomic mass is 9.96. The molecule has 0 bridgehead atoms. The molecule has 0 spiro atoms. The number of para-hydroxylation sites is 1. The summed E-state index contributed by atoms with van der Waals surface area (Å²) in [6.07, 6.45) is 3.15. The highest BCUT2D eigenvalue weighted by Crippen LogP contribution is 2.19. The van der Waals surface area contributed by atoms with Gasteiger partial charge in [-0.1, -0.05) is 48.5 Å². The van der Waals surface area contributed by atoms with Crippen LogP contribution >= 0.6 is 0 Å². The van der Waals surface area contributed by atoms with E-state index in [4.69, 9.17) is 0 Å². The Morgan fingerprint density at radius 2 is 1.58 bits per heavy atom. The van der Waals surface area contributed by atoms with Crippen LogP contribution in [0, 0.1) is 5.92 Å². The molecule has 0 aliphatic carbocycles. The molecule has 1 atom stereocenters. The third-order valence-corrected chi connectivity index (χ3v) is 6.57. The van der Waals surface area contributed by atoms with Gasteiger partial charge in [0.05, 0.1) is 5.92 Å². The average Bonchev–Trinajstić information content (AvgIpc) is 2.83. The second-order valence-corrected chi connectivity index (χ2v) is 8.87. The zero-order valence-corrected chi connectivity index (χ0v) is 18.6. The number of piperazine rings is 1. The van der Waals surface area contributed by atoms with E-state index in [0.717, 1.165) is 78.2 Å². The zero-order valence-electron chi connectivity index (χ0n) is 18.6. The molecule has 0 saturated carbocycles. The molecule has 1 unspecified atom stereocenters. The lowest BCUT2D eigenvalue weighted by Gasteiger charge is -2.36. The molecule has 0 aromatic heterocycles. The molecular formula is C26H36N4O. The van der Waals surface area contributed by atoms with Crippen LogP contribution in [-0.2, 0) is 11.3 Å². The van der Waals surface area contributed by atoms with E-state index in [1.54, 1.807) is 0 Å². The fraction of sp³-hybridized carbons (Fsp3) is 0.500. The van der Waals surface area contributed by atoms with E-state index < -0.39 is 0 Å². The van der Waals surface area contributed by atoms with Crippen LogP contribution in [0.5, 0.6) is 0 Å². The Morgan fingerprint density at radius 3 is 2.32 bits per heavy atom. The topological polar surface area (TPSA) is 38.8 Å². The smallest absolute Gasteiger partial charge is 0.224 e. The van der Waals surface area contributed by atoms with E-state index in [9.17, 15) is 4.79 Å². The quantitative estimate of drug-likeness (QED) is 0.666. The summed E-state index contributed by atoms with van der Waals surface area (Å²) in [4.78, 5) is 20.1. The maximum Gasteiger partial charge on any atom is 0.224 e. The van der Waals surface area contributed by atoms with Crippen LogP contribution in [0.1, 0.15) is 24.8 Å². The van der Waals surface area contributed by atoms with Crippen molar-refractivity contribution in [3.63, 3.8) is 0 Å². The van der Waals surface area contributed by atoms with Gasteiger partial charge in [0.2, 0.25) is 5.91 Å². The fourth-order valence-electron chi connectivity index (χ4n) is 4.78. The number of likely N-dealkylation sites (tertiary alicyclic amines) is 1. The minimum Gasteiger partial charge on any atom is -0.369 e. The molecule has 0 radical (unpaired) electrons. The van der Waals surface area contributed by atoms with E-state index in [-0.39, 0.29) is 11.8 Å². The molecule has 1 N–H and O–H groups in total. The molecule has 2 aliphatic heterocycles. The van der Waals surface area contributed by atoms with Crippen molar-refractivity contribution in [2.45, 2.75) is 25.8 Å². The van der Waals surface area contributed by atoms with E-state index in [1.165, 1.54) is 11.3 Å². The van der Waals surface area contributed by atoms with E-state index in [0.29, 0.717) is 0 Å². The van der Waals surface area contributed by atoms with Gasteiger partial charge in [0.1, 0.15) is 0 Å². The van der Waals surface area contributed by atoms with Crippen LogP contribution in [0.2, 0.25) is 0 Å². The van der Waals surface area contributed by atoms with Crippen molar-refractivity contribution in [1.29, 1.82) is 0 Å². The third kappa shape index (κ3) is 6.55. The number of piperidine rings is 1. The van der Waals surface area contributed by atoms with E-state index in [2.05, 4.69) is 80.7 Å². The zero-order chi connectivity index (χ0) is 21.3. The van der Waals surface area contributed by atoms with Crippen molar-refractivity contribution in [3.05, 3.63) is 66.2 Å². The fourth-order valence-corrected chi connectivity index (χ4v) is 4.78. The Labute approximate surface area is 187 Å². The van der Waals surface area contributed by atoms with Crippen molar-refractivity contribution >= 4 is 11.6 Å². The summed E-state index contributed by atoms with van der Waals surface area (Å²) in [5.74, 6) is 0.374. The number of rotatable bonds is 8. The van der Waals surface area contributed by atoms with Gasteiger partial charge in [-0.2, -0.15) is 0 Å². The summed E-state index contributed by atoms with van der Waals surface area (Å²) in [5.41, 5.74) is 2.65. The molecule has 4 rings (SSSR count). The highest BCUT2D eigenvalue weighted by molar-refractivity contribution is 5.78. The first-order chi connectivity index (χ1) is 15.3. The molecule has 2 aromatic carbocycles. The monoisotopic (exact) mass is 420 g/mol. The third-order valence-electron chi connectivity index (χ3n) is 6.57. The van der Waals surface area contributed by atoms with Crippen LogP contribution in [0.3, 0.4) is 0 Å². The number of amides is 1. The van der Waals surface area contributed by atoms with Gasteiger partial charge in [-0.25, -0.2) is 0 Å². The molecule has 5 nitrogen and oxygen atoms in total.